The molecule has 1 unspecified atom stereocenters. The van der Waals surface area contributed by atoms with Crippen molar-refractivity contribution >= 4 is 16.9 Å². The lowest BCUT2D eigenvalue weighted by Crippen LogP contribution is -2.29. The van der Waals surface area contributed by atoms with Crippen molar-refractivity contribution in [3.63, 3.8) is 0 Å². The Hall–Kier alpha value is -3.67. The number of benzene rings is 2. The summed E-state index contributed by atoms with van der Waals surface area (Å²) in [4.78, 5) is 21.5. The highest BCUT2D eigenvalue weighted by Gasteiger charge is 2.19. The van der Waals surface area contributed by atoms with Gasteiger partial charge in [0.05, 0.1) is 23.6 Å². The van der Waals surface area contributed by atoms with Gasteiger partial charge in [-0.25, -0.2) is 4.98 Å². The molecule has 2 aromatic heterocycles. The van der Waals surface area contributed by atoms with Crippen LogP contribution in [0.3, 0.4) is 0 Å². The number of nitrogens with zero attached hydrogens (tertiary/aromatic N) is 3. The lowest BCUT2D eigenvalue weighted by atomic mass is 10.1. The Morgan fingerprint density at radius 2 is 1.87 bits per heavy atom. The molecule has 4 rings (SSSR count). The molecule has 158 valence electrons. The Kier molecular flexibility index (Phi) is 5.98. The van der Waals surface area contributed by atoms with Gasteiger partial charge in [-0.05, 0) is 68.3 Å². The van der Waals surface area contributed by atoms with Crippen LogP contribution in [0.2, 0.25) is 0 Å². The van der Waals surface area contributed by atoms with E-state index in [0.717, 1.165) is 22.6 Å². The van der Waals surface area contributed by atoms with Crippen LogP contribution in [0.5, 0.6) is 5.75 Å². The number of carbonyl (C=O) groups excluding carboxylic acids is 1. The molecule has 0 fully saturated rings. The van der Waals surface area contributed by atoms with E-state index in [-0.39, 0.29) is 11.9 Å². The third-order valence-corrected chi connectivity index (χ3v) is 5.38. The van der Waals surface area contributed by atoms with Crippen LogP contribution in [-0.4, -0.2) is 27.0 Å². The van der Waals surface area contributed by atoms with Crippen LogP contribution in [0.15, 0.2) is 66.9 Å². The van der Waals surface area contributed by atoms with Crippen LogP contribution < -0.4 is 10.1 Å². The van der Waals surface area contributed by atoms with Gasteiger partial charge in [0.25, 0.3) is 5.91 Å². The number of rotatable bonds is 7. The van der Waals surface area contributed by atoms with Crippen molar-refractivity contribution in [2.45, 2.75) is 33.4 Å². The minimum Gasteiger partial charge on any atom is -0.492 e. The number of imidazole rings is 1. The second kappa shape index (κ2) is 9.00. The first-order valence-electron chi connectivity index (χ1n) is 10.4. The molecule has 2 aromatic carbocycles. The predicted molar refractivity (Wildman–Crippen MR) is 121 cm³/mol. The van der Waals surface area contributed by atoms with E-state index in [2.05, 4.69) is 40.8 Å². The summed E-state index contributed by atoms with van der Waals surface area (Å²) < 4.78 is 8.11. The van der Waals surface area contributed by atoms with Gasteiger partial charge in [0.1, 0.15) is 23.9 Å². The highest BCUT2D eigenvalue weighted by molar-refractivity contribution is 5.92. The smallest absolute Gasteiger partial charge is 0.270 e. The first-order chi connectivity index (χ1) is 15.0. The standard InChI is InChI=1S/C25H26N4O2/c1-17-11-12-20(16-18(17)2)31-15-14-29-23-10-5-4-8-21(23)28-24(29)19(3)27-25(30)22-9-6-7-13-26-22/h4-13,16,19H,14-15H2,1-3H3,(H,27,30). The van der Waals surface area contributed by atoms with Crippen LogP contribution in [0, 0.1) is 13.8 Å². The van der Waals surface area contributed by atoms with Crippen LogP contribution in [0.1, 0.15) is 40.4 Å². The first kappa shape index (κ1) is 20.6. The van der Waals surface area contributed by atoms with Gasteiger partial charge >= 0.3 is 0 Å². The molecule has 0 spiro atoms. The second-order valence-corrected chi connectivity index (χ2v) is 7.62. The van der Waals surface area contributed by atoms with Gasteiger partial charge in [-0.3, -0.25) is 9.78 Å². The molecular weight excluding hydrogens is 388 g/mol. The molecule has 0 aliphatic rings. The van der Waals surface area contributed by atoms with E-state index in [1.54, 1.807) is 24.4 Å². The number of amides is 1. The van der Waals surface area contributed by atoms with E-state index in [0.29, 0.717) is 18.8 Å². The van der Waals surface area contributed by atoms with Gasteiger partial charge in [-0.15, -0.1) is 0 Å². The molecular formula is C25H26N4O2. The van der Waals surface area contributed by atoms with Crippen molar-refractivity contribution in [3.05, 3.63) is 89.5 Å². The topological polar surface area (TPSA) is 69.0 Å². The third-order valence-electron chi connectivity index (χ3n) is 5.38. The summed E-state index contributed by atoms with van der Waals surface area (Å²) >= 11 is 0. The normalized spacial score (nSPS) is 12.0. The lowest BCUT2D eigenvalue weighted by Gasteiger charge is -2.17. The Balaban J connectivity index is 1.53. The maximum atomic E-state index is 12.6. The average molecular weight is 415 g/mol. The minimum absolute atomic E-state index is 0.224. The van der Waals surface area contributed by atoms with E-state index in [1.807, 2.05) is 37.3 Å². The number of hydrogen-bond donors (Lipinski definition) is 1. The van der Waals surface area contributed by atoms with Gasteiger partial charge in [0.15, 0.2) is 0 Å². The molecule has 1 N–H and O–H groups in total. The Bertz CT molecular complexity index is 1200. The van der Waals surface area contributed by atoms with Crippen molar-refractivity contribution < 1.29 is 9.53 Å². The van der Waals surface area contributed by atoms with Gasteiger partial charge in [0, 0.05) is 6.20 Å². The molecule has 0 aliphatic heterocycles. The molecule has 1 atom stereocenters. The monoisotopic (exact) mass is 414 g/mol. The van der Waals surface area contributed by atoms with Gasteiger partial charge in [0.2, 0.25) is 0 Å². The molecule has 31 heavy (non-hydrogen) atoms. The fraction of sp³-hybridized carbons (Fsp3) is 0.240. The first-order valence-corrected chi connectivity index (χ1v) is 10.4. The number of ether oxygens (including phenoxy) is 1. The van der Waals surface area contributed by atoms with Crippen molar-refractivity contribution in [2.24, 2.45) is 0 Å². The summed E-state index contributed by atoms with van der Waals surface area (Å²) in [6, 6.07) is 19.1. The highest BCUT2D eigenvalue weighted by atomic mass is 16.5. The fourth-order valence-corrected chi connectivity index (χ4v) is 3.55. The number of hydrogen-bond acceptors (Lipinski definition) is 4. The zero-order chi connectivity index (χ0) is 21.8. The van der Waals surface area contributed by atoms with Crippen molar-refractivity contribution in [3.8, 4) is 5.75 Å². The van der Waals surface area contributed by atoms with Crippen molar-refractivity contribution in [2.75, 3.05) is 6.61 Å². The number of aromatic nitrogens is 3. The molecule has 6 nitrogen and oxygen atoms in total. The number of aryl methyl sites for hydroxylation is 2. The molecule has 2 heterocycles. The van der Waals surface area contributed by atoms with E-state index >= 15 is 0 Å². The third kappa shape index (κ3) is 4.58. The minimum atomic E-state index is -0.288. The van der Waals surface area contributed by atoms with Crippen LogP contribution in [0.4, 0.5) is 0 Å². The molecule has 0 aliphatic carbocycles. The molecule has 0 bridgehead atoms. The van der Waals surface area contributed by atoms with Crippen LogP contribution >= 0.6 is 0 Å². The zero-order valence-electron chi connectivity index (χ0n) is 18.0. The molecule has 0 saturated carbocycles. The molecule has 0 saturated heterocycles. The second-order valence-electron chi connectivity index (χ2n) is 7.62. The number of pyridine rings is 1. The Labute approximate surface area is 181 Å². The van der Waals surface area contributed by atoms with Crippen LogP contribution in [0.25, 0.3) is 11.0 Å². The largest absolute Gasteiger partial charge is 0.492 e. The molecule has 0 radical (unpaired) electrons. The quantitative estimate of drug-likeness (QED) is 0.479. The van der Waals surface area contributed by atoms with E-state index in [4.69, 9.17) is 9.72 Å². The van der Waals surface area contributed by atoms with E-state index < -0.39 is 0 Å². The SMILES string of the molecule is Cc1ccc(OCCn2c(C(C)NC(=O)c3ccccn3)nc3ccccc32)cc1C. The predicted octanol–water partition coefficient (Wildman–Crippen LogP) is 4.62. The van der Waals surface area contributed by atoms with E-state index in [1.165, 1.54) is 11.1 Å². The summed E-state index contributed by atoms with van der Waals surface area (Å²) in [6.45, 7) is 7.21. The summed E-state index contributed by atoms with van der Waals surface area (Å²) in [5.41, 5.74) is 4.74. The van der Waals surface area contributed by atoms with Crippen molar-refractivity contribution in [1.82, 2.24) is 19.9 Å². The van der Waals surface area contributed by atoms with Gasteiger partial charge in [-0.1, -0.05) is 24.3 Å². The maximum Gasteiger partial charge on any atom is 0.270 e. The summed E-state index contributed by atoms with van der Waals surface area (Å²) in [5, 5.41) is 3.01. The van der Waals surface area contributed by atoms with Crippen molar-refractivity contribution in [1.29, 1.82) is 0 Å². The molecule has 1 amide bonds. The Morgan fingerprint density at radius 3 is 2.65 bits per heavy atom. The zero-order valence-corrected chi connectivity index (χ0v) is 18.0. The summed E-state index contributed by atoms with van der Waals surface area (Å²) in [6.07, 6.45) is 1.61. The van der Waals surface area contributed by atoms with E-state index in [9.17, 15) is 4.79 Å². The maximum absolute atomic E-state index is 12.6. The number of fused-ring (bicyclic) bond motifs is 1. The Morgan fingerprint density at radius 1 is 1.06 bits per heavy atom. The number of nitrogens with one attached hydrogen (secondary N) is 1. The van der Waals surface area contributed by atoms with Gasteiger partial charge in [-0.2, -0.15) is 0 Å². The number of carbonyl (C=O) groups is 1. The van der Waals surface area contributed by atoms with Crippen LogP contribution in [-0.2, 0) is 6.54 Å². The lowest BCUT2D eigenvalue weighted by molar-refractivity contribution is 0.0932. The molecule has 4 aromatic rings. The highest BCUT2D eigenvalue weighted by Crippen LogP contribution is 2.22. The van der Waals surface area contributed by atoms with Gasteiger partial charge < -0.3 is 14.6 Å². The average Bonchev–Trinajstić information content (AvgIpc) is 3.15. The fourth-order valence-electron chi connectivity index (χ4n) is 3.55. The number of para-hydroxylation sites is 2. The summed E-state index contributed by atoms with van der Waals surface area (Å²) in [7, 11) is 0. The molecule has 6 heteroatoms. The summed E-state index contributed by atoms with van der Waals surface area (Å²) in [5.74, 6) is 1.41.